The number of piperidine rings is 1. The third kappa shape index (κ3) is 3.53. The van der Waals surface area contributed by atoms with Crippen LogP contribution in [-0.4, -0.2) is 28.4 Å². The fourth-order valence-electron chi connectivity index (χ4n) is 3.72. The molecule has 1 spiro atoms. The van der Waals surface area contributed by atoms with Crippen LogP contribution in [0.5, 0.6) is 0 Å². The molecule has 7 heteroatoms. The first-order valence-electron chi connectivity index (χ1n) is 8.09. The number of rotatable bonds is 3. The summed E-state index contributed by atoms with van der Waals surface area (Å²) in [5, 5.41) is 6.45. The summed E-state index contributed by atoms with van der Waals surface area (Å²) in [6, 6.07) is 4.11. The predicted octanol–water partition coefficient (Wildman–Crippen LogP) is 2.49. The summed E-state index contributed by atoms with van der Waals surface area (Å²) >= 11 is 0. The van der Waals surface area contributed by atoms with E-state index in [0.717, 1.165) is 43.7 Å². The molecule has 0 radical (unpaired) electrons. The van der Waals surface area contributed by atoms with Gasteiger partial charge in [-0.25, -0.2) is 4.98 Å². The minimum absolute atomic E-state index is 0. The quantitative estimate of drug-likeness (QED) is 0.872. The number of carbonyl (C=O) groups is 1. The fourth-order valence-corrected chi connectivity index (χ4v) is 3.72. The van der Waals surface area contributed by atoms with Gasteiger partial charge in [-0.2, -0.15) is 0 Å². The van der Waals surface area contributed by atoms with E-state index in [1.807, 2.05) is 16.8 Å². The van der Waals surface area contributed by atoms with Crippen LogP contribution in [0.1, 0.15) is 30.5 Å². The van der Waals surface area contributed by atoms with Gasteiger partial charge in [0.1, 0.15) is 5.65 Å². The normalized spacial score (nSPS) is 21.0. The summed E-state index contributed by atoms with van der Waals surface area (Å²) in [5.74, 6) is 0.420. The summed E-state index contributed by atoms with van der Waals surface area (Å²) in [7, 11) is 0. The Hall–Kier alpha value is -1.30. The molecule has 3 heterocycles. The number of halogens is 2. The Bertz CT molecular complexity index is 724. The van der Waals surface area contributed by atoms with Gasteiger partial charge in [0.2, 0.25) is 5.91 Å². The maximum Gasteiger partial charge on any atom is 0.224 e. The van der Waals surface area contributed by atoms with Gasteiger partial charge in [-0.05, 0) is 62.4 Å². The molecular weight excluding hydrogens is 347 g/mol. The van der Waals surface area contributed by atoms with Gasteiger partial charge in [0.05, 0.1) is 12.2 Å². The van der Waals surface area contributed by atoms with Gasteiger partial charge >= 0.3 is 0 Å². The highest BCUT2D eigenvalue weighted by atomic mass is 35.5. The van der Waals surface area contributed by atoms with E-state index in [1.54, 1.807) is 0 Å². The molecule has 5 nitrogen and oxygen atoms in total. The van der Waals surface area contributed by atoms with Gasteiger partial charge in [0.25, 0.3) is 0 Å². The number of nitrogens with one attached hydrogen (secondary N) is 2. The van der Waals surface area contributed by atoms with Crippen molar-refractivity contribution in [3.63, 3.8) is 0 Å². The van der Waals surface area contributed by atoms with Crippen molar-refractivity contribution in [1.29, 1.82) is 0 Å². The summed E-state index contributed by atoms with van der Waals surface area (Å²) in [5.41, 5.74) is 3.34. The van der Waals surface area contributed by atoms with Gasteiger partial charge in [-0.3, -0.25) is 4.79 Å². The molecule has 1 aliphatic heterocycles. The topological polar surface area (TPSA) is 58.4 Å². The molecule has 0 bridgehead atoms. The predicted molar refractivity (Wildman–Crippen MR) is 98.9 cm³/mol. The number of amides is 1. The molecule has 4 rings (SSSR count). The fraction of sp³-hybridized carbons (Fsp3) is 0.529. The van der Waals surface area contributed by atoms with Gasteiger partial charge in [-0.1, -0.05) is 0 Å². The second-order valence-electron chi connectivity index (χ2n) is 6.79. The lowest BCUT2D eigenvalue weighted by Crippen LogP contribution is -2.33. The highest BCUT2D eigenvalue weighted by molar-refractivity contribution is 5.85. The number of aryl methyl sites for hydroxylation is 1. The number of carbonyl (C=O) groups excluding carboxylic acids is 1. The first kappa shape index (κ1) is 19.0. The Labute approximate surface area is 154 Å². The number of fused-ring (bicyclic) bond motifs is 1. The maximum atomic E-state index is 12.4. The highest BCUT2D eigenvalue weighted by Gasteiger charge is 2.57. The Kier molecular flexibility index (Phi) is 5.78. The van der Waals surface area contributed by atoms with E-state index >= 15 is 0 Å². The zero-order valence-electron chi connectivity index (χ0n) is 13.7. The molecule has 24 heavy (non-hydrogen) atoms. The van der Waals surface area contributed by atoms with Gasteiger partial charge < -0.3 is 15.0 Å². The molecule has 2 aliphatic rings. The van der Waals surface area contributed by atoms with Crippen molar-refractivity contribution in [1.82, 2.24) is 20.0 Å². The highest BCUT2D eigenvalue weighted by Crippen LogP contribution is 2.58. The number of nitrogens with zero attached hydrogens (tertiary/aromatic N) is 2. The van der Waals surface area contributed by atoms with Gasteiger partial charge in [0.15, 0.2) is 0 Å². The first-order chi connectivity index (χ1) is 10.7. The van der Waals surface area contributed by atoms with Crippen molar-refractivity contribution in [2.45, 2.75) is 32.7 Å². The molecule has 2 aromatic rings. The molecule has 1 atom stereocenters. The van der Waals surface area contributed by atoms with Crippen LogP contribution in [0.3, 0.4) is 0 Å². The molecule has 2 aromatic heterocycles. The van der Waals surface area contributed by atoms with E-state index in [1.165, 1.54) is 5.56 Å². The van der Waals surface area contributed by atoms with Crippen LogP contribution in [0.15, 0.2) is 24.5 Å². The van der Waals surface area contributed by atoms with Crippen LogP contribution in [0, 0.1) is 18.3 Å². The summed E-state index contributed by atoms with van der Waals surface area (Å²) < 4.78 is 2.00. The SMILES string of the molecule is Cc1ccn2cc(CNC(=O)C3CC34CCNCC4)nc2c1.Cl.Cl. The maximum absolute atomic E-state index is 12.4. The van der Waals surface area contributed by atoms with E-state index in [2.05, 4.69) is 34.7 Å². The van der Waals surface area contributed by atoms with Crippen molar-refractivity contribution in [3.8, 4) is 0 Å². The minimum Gasteiger partial charge on any atom is -0.350 e. The smallest absolute Gasteiger partial charge is 0.224 e. The first-order valence-corrected chi connectivity index (χ1v) is 8.09. The molecule has 1 saturated heterocycles. The summed E-state index contributed by atoms with van der Waals surface area (Å²) in [6.45, 7) is 4.68. The minimum atomic E-state index is 0. The zero-order valence-corrected chi connectivity index (χ0v) is 15.4. The van der Waals surface area contributed by atoms with Crippen molar-refractivity contribution < 1.29 is 4.79 Å². The monoisotopic (exact) mass is 370 g/mol. The summed E-state index contributed by atoms with van der Waals surface area (Å²) in [4.78, 5) is 16.9. The Morgan fingerprint density at radius 2 is 2.17 bits per heavy atom. The van der Waals surface area contributed by atoms with Crippen molar-refractivity contribution in [2.75, 3.05) is 13.1 Å². The second-order valence-corrected chi connectivity index (χ2v) is 6.79. The van der Waals surface area contributed by atoms with Gasteiger partial charge in [-0.15, -0.1) is 24.8 Å². The lowest BCUT2D eigenvalue weighted by atomic mass is 9.92. The average molecular weight is 371 g/mol. The average Bonchev–Trinajstić information content (AvgIpc) is 3.05. The Balaban J connectivity index is 0.00000104. The van der Waals surface area contributed by atoms with Crippen LogP contribution in [0.4, 0.5) is 0 Å². The van der Waals surface area contributed by atoms with E-state index in [-0.39, 0.29) is 36.6 Å². The Morgan fingerprint density at radius 1 is 1.42 bits per heavy atom. The van der Waals surface area contributed by atoms with Crippen molar-refractivity contribution in [2.24, 2.45) is 11.3 Å². The van der Waals surface area contributed by atoms with Crippen molar-refractivity contribution >= 4 is 36.4 Å². The molecule has 1 saturated carbocycles. The van der Waals surface area contributed by atoms with E-state index < -0.39 is 0 Å². The lowest BCUT2D eigenvalue weighted by Gasteiger charge is -2.23. The van der Waals surface area contributed by atoms with E-state index in [4.69, 9.17) is 0 Å². The summed E-state index contributed by atoms with van der Waals surface area (Å²) in [6.07, 6.45) is 7.33. The molecule has 0 aromatic carbocycles. The Morgan fingerprint density at radius 3 is 2.92 bits per heavy atom. The van der Waals surface area contributed by atoms with Crippen LogP contribution >= 0.6 is 24.8 Å². The molecule has 1 aliphatic carbocycles. The third-order valence-corrected chi connectivity index (χ3v) is 5.21. The van der Waals surface area contributed by atoms with Crippen molar-refractivity contribution in [3.05, 3.63) is 35.8 Å². The third-order valence-electron chi connectivity index (χ3n) is 5.21. The van der Waals surface area contributed by atoms with E-state index in [0.29, 0.717) is 12.0 Å². The zero-order chi connectivity index (χ0) is 15.2. The number of pyridine rings is 1. The molecule has 132 valence electrons. The molecule has 1 unspecified atom stereocenters. The molecular formula is C17H24Cl2N4O. The lowest BCUT2D eigenvalue weighted by molar-refractivity contribution is -0.123. The van der Waals surface area contributed by atoms with Crippen LogP contribution in [0.2, 0.25) is 0 Å². The largest absolute Gasteiger partial charge is 0.350 e. The molecule has 2 N–H and O–H groups in total. The van der Waals surface area contributed by atoms with Crippen LogP contribution in [0.25, 0.3) is 5.65 Å². The number of imidazole rings is 1. The number of hydrogen-bond donors (Lipinski definition) is 2. The number of hydrogen-bond acceptors (Lipinski definition) is 3. The standard InChI is InChI=1S/C17H22N4O.2ClH/c1-12-2-7-21-11-13(20-15(21)8-12)10-19-16(22)14-9-17(14)3-5-18-6-4-17;;/h2,7-8,11,14,18H,3-6,9-10H2,1H3,(H,19,22);2*1H. The number of aromatic nitrogens is 2. The molecule has 2 fully saturated rings. The second kappa shape index (κ2) is 7.30. The van der Waals surface area contributed by atoms with Gasteiger partial charge in [0, 0.05) is 18.3 Å². The molecule has 1 amide bonds. The van der Waals surface area contributed by atoms with E-state index in [9.17, 15) is 4.79 Å². The van der Waals surface area contributed by atoms with Crippen LogP contribution < -0.4 is 10.6 Å². The van der Waals surface area contributed by atoms with Crippen LogP contribution in [-0.2, 0) is 11.3 Å².